The summed E-state index contributed by atoms with van der Waals surface area (Å²) in [4.78, 5) is 16.1. The molecule has 0 saturated carbocycles. The summed E-state index contributed by atoms with van der Waals surface area (Å²) in [5.74, 6) is -0.453. The SMILES string of the molecule is O=C1CC(c2ccnnc2)=Nc2c(cc(Br)cc2C(F)(F)F)N1. The van der Waals surface area contributed by atoms with E-state index >= 15 is 0 Å². The van der Waals surface area contributed by atoms with Crippen molar-refractivity contribution in [3.05, 3.63) is 46.2 Å². The van der Waals surface area contributed by atoms with Crippen LogP contribution in [0, 0.1) is 0 Å². The number of carbonyl (C=O) groups is 1. The quantitative estimate of drug-likeness (QED) is 0.814. The molecule has 1 aromatic carbocycles. The second kappa shape index (κ2) is 5.73. The molecule has 0 unspecified atom stereocenters. The van der Waals surface area contributed by atoms with Crippen LogP contribution in [0.5, 0.6) is 0 Å². The monoisotopic (exact) mass is 384 g/mol. The van der Waals surface area contributed by atoms with Crippen molar-refractivity contribution in [2.24, 2.45) is 4.99 Å². The Balaban J connectivity index is 2.24. The van der Waals surface area contributed by atoms with E-state index in [1.165, 1.54) is 24.5 Å². The average Bonchev–Trinajstić information content (AvgIpc) is 2.64. The molecule has 2 aromatic rings. The van der Waals surface area contributed by atoms with E-state index in [1.807, 2.05) is 0 Å². The largest absolute Gasteiger partial charge is 0.418 e. The van der Waals surface area contributed by atoms with E-state index < -0.39 is 17.6 Å². The molecule has 0 spiro atoms. The molecule has 0 saturated heterocycles. The Bertz CT molecular complexity index is 806. The van der Waals surface area contributed by atoms with Gasteiger partial charge < -0.3 is 5.32 Å². The number of nitrogens with one attached hydrogen (secondary N) is 1. The van der Waals surface area contributed by atoms with Gasteiger partial charge in [-0.2, -0.15) is 23.4 Å². The summed E-state index contributed by atoms with van der Waals surface area (Å²) in [6.45, 7) is 0. The summed E-state index contributed by atoms with van der Waals surface area (Å²) in [6, 6.07) is 3.86. The zero-order chi connectivity index (χ0) is 16.6. The highest BCUT2D eigenvalue weighted by Gasteiger charge is 2.36. The van der Waals surface area contributed by atoms with Gasteiger partial charge in [-0.3, -0.25) is 4.79 Å². The van der Waals surface area contributed by atoms with Crippen LogP contribution in [0.3, 0.4) is 0 Å². The highest BCUT2D eigenvalue weighted by Crippen LogP contribution is 2.43. The molecule has 1 amide bonds. The molecule has 0 bridgehead atoms. The van der Waals surface area contributed by atoms with Gasteiger partial charge in [0.25, 0.3) is 0 Å². The number of amides is 1. The first-order chi connectivity index (χ1) is 10.8. The van der Waals surface area contributed by atoms with Crippen molar-refractivity contribution in [3.63, 3.8) is 0 Å². The lowest BCUT2D eigenvalue weighted by molar-refractivity contribution is -0.137. The number of hydrogen-bond donors (Lipinski definition) is 1. The minimum Gasteiger partial charge on any atom is -0.324 e. The van der Waals surface area contributed by atoms with Gasteiger partial charge in [-0.25, -0.2) is 4.99 Å². The zero-order valence-corrected chi connectivity index (χ0v) is 12.9. The molecule has 0 atom stereocenters. The van der Waals surface area contributed by atoms with Gasteiger partial charge in [0.15, 0.2) is 0 Å². The zero-order valence-electron chi connectivity index (χ0n) is 11.4. The number of benzene rings is 1. The van der Waals surface area contributed by atoms with Crippen molar-refractivity contribution in [1.82, 2.24) is 10.2 Å². The highest BCUT2D eigenvalue weighted by molar-refractivity contribution is 9.10. The standard InChI is InChI=1S/C14H8BrF3N4O/c15-8-3-9(14(16,17)18)13-11(4-8)21-12(23)5-10(22-13)7-1-2-19-20-6-7/h1-4,6H,5H2,(H,21,23). The van der Waals surface area contributed by atoms with Crippen molar-refractivity contribution < 1.29 is 18.0 Å². The number of rotatable bonds is 1. The van der Waals surface area contributed by atoms with Crippen LogP contribution in [0.4, 0.5) is 24.5 Å². The van der Waals surface area contributed by atoms with Crippen molar-refractivity contribution in [3.8, 4) is 0 Å². The van der Waals surface area contributed by atoms with Gasteiger partial charge in [-0.15, -0.1) is 0 Å². The van der Waals surface area contributed by atoms with Crippen LogP contribution in [-0.4, -0.2) is 21.8 Å². The van der Waals surface area contributed by atoms with Crippen molar-refractivity contribution in [2.45, 2.75) is 12.6 Å². The Morgan fingerprint density at radius 1 is 1.22 bits per heavy atom. The van der Waals surface area contributed by atoms with E-state index in [0.717, 1.165) is 6.07 Å². The summed E-state index contributed by atoms with van der Waals surface area (Å²) in [7, 11) is 0. The lowest BCUT2D eigenvalue weighted by atomic mass is 10.1. The topological polar surface area (TPSA) is 67.2 Å². The lowest BCUT2D eigenvalue weighted by Gasteiger charge is -2.14. The predicted molar refractivity (Wildman–Crippen MR) is 80.6 cm³/mol. The number of aliphatic imine (C=N–C) groups is 1. The third-order valence-electron chi connectivity index (χ3n) is 3.15. The summed E-state index contributed by atoms with van der Waals surface area (Å²) >= 11 is 3.02. The van der Waals surface area contributed by atoms with E-state index in [4.69, 9.17) is 0 Å². The predicted octanol–water partition coefficient (Wildman–Crippen LogP) is 3.72. The normalized spacial score (nSPS) is 14.6. The lowest BCUT2D eigenvalue weighted by Crippen LogP contribution is -2.15. The van der Waals surface area contributed by atoms with Crippen LogP contribution in [0.1, 0.15) is 17.5 Å². The molecule has 3 rings (SSSR count). The van der Waals surface area contributed by atoms with Gasteiger partial charge in [0.05, 0.1) is 41.5 Å². The fourth-order valence-corrected chi connectivity index (χ4v) is 2.64. The second-order valence-electron chi connectivity index (χ2n) is 4.76. The molecule has 1 aliphatic rings. The Morgan fingerprint density at radius 2 is 2.00 bits per heavy atom. The minimum absolute atomic E-state index is 0.00807. The molecule has 2 heterocycles. The number of alkyl halides is 3. The number of nitrogens with zero attached hydrogens (tertiary/aromatic N) is 3. The van der Waals surface area contributed by atoms with E-state index in [2.05, 4.69) is 36.4 Å². The van der Waals surface area contributed by atoms with Gasteiger partial charge in [-0.1, -0.05) is 15.9 Å². The molecule has 1 aliphatic heterocycles. The molecule has 1 aromatic heterocycles. The number of aromatic nitrogens is 2. The smallest absolute Gasteiger partial charge is 0.324 e. The van der Waals surface area contributed by atoms with Gasteiger partial charge >= 0.3 is 6.18 Å². The molecule has 0 fully saturated rings. The van der Waals surface area contributed by atoms with Gasteiger partial charge in [0, 0.05) is 10.0 Å². The number of fused-ring (bicyclic) bond motifs is 1. The van der Waals surface area contributed by atoms with Crippen molar-refractivity contribution in [1.29, 1.82) is 0 Å². The summed E-state index contributed by atoms with van der Waals surface area (Å²) in [5, 5.41) is 9.72. The van der Waals surface area contributed by atoms with Crippen LogP contribution in [0.25, 0.3) is 0 Å². The van der Waals surface area contributed by atoms with Gasteiger partial charge in [0.1, 0.15) is 0 Å². The Kier molecular flexibility index (Phi) is 3.88. The number of halogens is 4. The maximum atomic E-state index is 13.3. The number of carbonyl (C=O) groups excluding carboxylic acids is 1. The third kappa shape index (κ3) is 3.24. The molecule has 9 heteroatoms. The van der Waals surface area contributed by atoms with Crippen LogP contribution in [-0.2, 0) is 11.0 Å². The van der Waals surface area contributed by atoms with Crippen LogP contribution in [0.2, 0.25) is 0 Å². The molecule has 5 nitrogen and oxygen atoms in total. The fraction of sp³-hybridized carbons (Fsp3) is 0.143. The van der Waals surface area contributed by atoms with Crippen LogP contribution >= 0.6 is 15.9 Å². The summed E-state index contributed by atoms with van der Waals surface area (Å²) < 4.78 is 40.1. The maximum Gasteiger partial charge on any atom is 0.418 e. The molecule has 23 heavy (non-hydrogen) atoms. The summed E-state index contributed by atoms with van der Waals surface area (Å²) in [6.07, 6.45) is -2.03. The second-order valence-corrected chi connectivity index (χ2v) is 5.68. The first kappa shape index (κ1) is 15.6. The molecule has 1 N–H and O–H groups in total. The molecule has 0 radical (unpaired) electrons. The molecule has 0 aliphatic carbocycles. The first-order valence-electron chi connectivity index (χ1n) is 6.40. The van der Waals surface area contributed by atoms with E-state index in [1.54, 1.807) is 0 Å². The third-order valence-corrected chi connectivity index (χ3v) is 3.60. The Morgan fingerprint density at radius 3 is 2.65 bits per heavy atom. The fourth-order valence-electron chi connectivity index (χ4n) is 2.18. The van der Waals surface area contributed by atoms with Crippen molar-refractivity contribution >= 4 is 38.9 Å². The minimum atomic E-state index is -4.60. The maximum absolute atomic E-state index is 13.3. The van der Waals surface area contributed by atoms with Gasteiger partial charge in [-0.05, 0) is 18.2 Å². The van der Waals surface area contributed by atoms with E-state index in [9.17, 15) is 18.0 Å². The first-order valence-corrected chi connectivity index (χ1v) is 7.19. The number of anilines is 1. The highest BCUT2D eigenvalue weighted by atomic mass is 79.9. The van der Waals surface area contributed by atoms with E-state index in [0.29, 0.717) is 5.56 Å². The van der Waals surface area contributed by atoms with Gasteiger partial charge in [0.2, 0.25) is 5.91 Å². The van der Waals surface area contributed by atoms with Crippen LogP contribution in [0.15, 0.2) is 40.1 Å². The van der Waals surface area contributed by atoms with Crippen molar-refractivity contribution in [2.75, 3.05) is 5.32 Å². The average molecular weight is 385 g/mol. The Labute approximate surface area is 136 Å². The number of hydrogen-bond acceptors (Lipinski definition) is 4. The molecular formula is C14H8BrF3N4O. The molecule has 118 valence electrons. The van der Waals surface area contributed by atoms with Crippen LogP contribution < -0.4 is 5.32 Å². The van der Waals surface area contributed by atoms with E-state index in [-0.39, 0.29) is 28.0 Å². The Hall–Kier alpha value is -2.29. The molecular weight excluding hydrogens is 377 g/mol. The summed E-state index contributed by atoms with van der Waals surface area (Å²) in [5.41, 5.74) is -0.598.